The lowest BCUT2D eigenvalue weighted by Crippen LogP contribution is -2.30. The molecule has 0 spiro atoms. The lowest BCUT2D eigenvalue weighted by molar-refractivity contribution is 0.231. The fraction of sp³-hybridized carbons (Fsp3) is 1.00. The van der Waals surface area contributed by atoms with Crippen LogP contribution in [-0.2, 0) is 0 Å². The largest absolute Gasteiger partial charge is 0.395 e. The molecule has 0 saturated carbocycles. The molecular formula is C7H21NO. The van der Waals surface area contributed by atoms with Gasteiger partial charge in [0.1, 0.15) is 0 Å². The van der Waals surface area contributed by atoms with Crippen LogP contribution in [0.3, 0.4) is 0 Å². The highest BCUT2D eigenvalue weighted by Gasteiger charge is 2.04. The molecule has 0 amide bonds. The summed E-state index contributed by atoms with van der Waals surface area (Å²) in [7, 11) is 1.88. The maximum absolute atomic E-state index is 8.71. The van der Waals surface area contributed by atoms with Crippen LogP contribution in [0.2, 0.25) is 0 Å². The molecule has 0 rings (SSSR count). The molecule has 0 unspecified atom stereocenters. The van der Waals surface area contributed by atoms with E-state index in [2.05, 4.69) is 19.2 Å². The molecule has 0 heterocycles. The van der Waals surface area contributed by atoms with Gasteiger partial charge in [0, 0.05) is 8.90 Å². The van der Waals surface area contributed by atoms with E-state index in [-0.39, 0.29) is 15.5 Å². The summed E-state index contributed by atoms with van der Waals surface area (Å²) in [6.07, 6.45) is 1.05. The molecule has 0 aliphatic rings. The van der Waals surface area contributed by atoms with Crippen molar-refractivity contribution in [3.8, 4) is 0 Å². The van der Waals surface area contributed by atoms with Crippen molar-refractivity contribution < 1.29 is 7.96 Å². The lowest BCUT2D eigenvalue weighted by atomic mass is 10.1. The summed E-state index contributed by atoms with van der Waals surface area (Å²) >= 11 is 0. The fourth-order valence-corrected chi connectivity index (χ4v) is 0.853. The Kier molecular flexibility index (Phi) is 4.72. The Balaban J connectivity index is -0.000000320. The van der Waals surface area contributed by atoms with Gasteiger partial charge in [-0.05, 0) is 19.4 Å². The van der Waals surface area contributed by atoms with Crippen molar-refractivity contribution in [1.82, 2.24) is 5.32 Å². The minimum Gasteiger partial charge on any atom is -0.395 e. The smallest absolute Gasteiger partial charge is 0.0584 e. The maximum Gasteiger partial charge on any atom is 0.0584 e. The van der Waals surface area contributed by atoms with E-state index >= 15 is 0 Å². The molecule has 0 aliphatic heterocycles. The highest BCUT2D eigenvalue weighted by Crippen LogP contribution is 2.02. The lowest BCUT2D eigenvalue weighted by Gasteiger charge is -2.14. The summed E-state index contributed by atoms with van der Waals surface area (Å²) in [5, 5.41) is 11.7. The van der Waals surface area contributed by atoms with Gasteiger partial charge in [0.15, 0.2) is 0 Å². The second-order valence-corrected chi connectivity index (χ2v) is 2.80. The summed E-state index contributed by atoms with van der Waals surface area (Å²) in [5.41, 5.74) is 0. The number of aliphatic hydroxyl groups is 1. The quantitative estimate of drug-likeness (QED) is 0.605. The van der Waals surface area contributed by atoms with Crippen molar-refractivity contribution in [2.45, 2.75) is 26.3 Å². The number of hydrogen-bond donors (Lipinski definition) is 2. The molecule has 0 aromatic heterocycles. The number of hydrogen-bond acceptors (Lipinski definition) is 2. The van der Waals surface area contributed by atoms with Crippen molar-refractivity contribution in [3.63, 3.8) is 0 Å². The van der Waals surface area contributed by atoms with E-state index in [1.807, 2.05) is 7.05 Å². The normalized spacial score (nSPS) is 14.3. The van der Waals surface area contributed by atoms with Gasteiger partial charge in [0.25, 0.3) is 0 Å². The molecule has 0 aromatic rings. The third kappa shape index (κ3) is 4.43. The molecule has 0 aliphatic carbocycles. The van der Waals surface area contributed by atoms with Crippen LogP contribution < -0.4 is 5.32 Å². The van der Waals surface area contributed by atoms with Crippen molar-refractivity contribution in [2.24, 2.45) is 5.92 Å². The van der Waals surface area contributed by atoms with Crippen LogP contribution in [0.5, 0.6) is 0 Å². The van der Waals surface area contributed by atoms with E-state index in [0.29, 0.717) is 5.92 Å². The first kappa shape index (κ1) is 8.92. The number of likely N-dealkylation sites (N-methyl/N-ethyl adjacent to an activating group) is 1. The Morgan fingerprint density at radius 2 is 2.11 bits per heavy atom. The van der Waals surface area contributed by atoms with E-state index in [1.165, 1.54) is 0 Å². The first-order chi connectivity index (χ1) is 4.20. The average molecular weight is 135 g/mol. The van der Waals surface area contributed by atoms with E-state index in [0.717, 1.165) is 6.42 Å². The Labute approximate surface area is 60.2 Å². The van der Waals surface area contributed by atoms with E-state index in [4.69, 9.17) is 5.11 Å². The zero-order valence-corrected chi connectivity index (χ0v) is 6.52. The summed E-state index contributed by atoms with van der Waals surface area (Å²) in [4.78, 5) is 0. The van der Waals surface area contributed by atoms with Gasteiger partial charge in [-0.15, -0.1) is 0 Å². The number of aliphatic hydroxyl groups excluding tert-OH is 1. The first-order valence-electron chi connectivity index (χ1n) is 3.48. The highest BCUT2D eigenvalue weighted by atomic mass is 16.3. The maximum atomic E-state index is 8.71. The minimum atomic E-state index is 0. The fourth-order valence-electron chi connectivity index (χ4n) is 0.853. The first-order valence-corrected chi connectivity index (χ1v) is 3.48. The van der Waals surface area contributed by atoms with Crippen LogP contribution >= 0.6 is 0 Å². The molecule has 0 radical (unpaired) electrons. The van der Waals surface area contributed by atoms with Crippen LogP contribution in [-0.4, -0.2) is 24.8 Å². The molecule has 0 saturated heterocycles. The highest BCUT2D eigenvalue weighted by molar-refractivity contribution is 4.63. The van der Waals surface area contributed by atoms with Crippen LogP contribution in [0.15, 0.2) is 0 Å². The van der Waals surface area contributed by atoms with Gasteiger partial charge in [0.2, 0.25) is 0 Å². The second kappa shape index (κ2) is 4.77. The van der Waals surface area contributed by atoms with Crippen molar-refractivity contribution in [1.29, 1.82) is 0 Å². The monoisotopic (exact) mass is 135 g/mol. The summed E-state index contributed by atoms with van der Waals surface area (Å²) < 4.78 is 0. The Hall–Kier alpha value is -0.0800. The van der Waals surface area contributed by atoms with Gasteiger partial charge in [-0.2, -0.15) is 0 Å². The molecule has 0 fully saturated rings. The molecule has 2 N–H and O–H groups in total. The van der Waals surface area contributed by atoms with Crippen LogP contribution in [0.4, 0.5) is 0 Å². The summed E-state index contributed by atoms with van der Waals surface area (Å²) in [6, 6.07) is 0.282. The summed E-state index contributed by atoms with van der Waals surface area (Å²) in [6.45, 7) is 4.55. The third-order valence-corrected chi connectivity index (χ3v) is 1.38. The van der Waals surface area contributed by atoms with E-state index < -0.39 is 0 Å². The van der Waals surface area contributed by atoms with Gasteiger partial charge in [-0.3, -0.25) is 0 Å². The Bertz CT molecular complexity index is 67.5. The average Bonchev–Trinajstić information content (AvgIpc) is 1.82. The molecule has 0 aromatic carbocycles. The van der Waals surface area contributed by atoms with E-state index in [1.54, 1.807) is 0 Å². The van der Waals surface area contributed by atoms with Crippen LogP contribution in [0, 0.1) is 5.92 Å². The Morgan fingerprint density at radius 3 is 2.22 bits per heavy atom. The van der Waals surface area contributed by atoms with Gasteiger partial charge < -0.3 is 10.4 Å². The van der Waals surface area contributed by atoms with Crippen molar-refractivity contribution in [3.05, 3.63) is 0 Å². The van der Waals surface area contributed by atoms with Crippen molar-refractivity contribution >= 4 is 0 Å². The standard InChI is InChI=1S/C7H17NO.2H2/c1-6(2)4-7(5-9)8-3;;/h6-9H,4-5H2,1-3H3;2*1H/t7-;;/m0../s1. The SMILES string of the molecule is CN[C@H](CO)CC(C)C.[HH].[HH]. The molecule has 2 nitrogen and oxygen atoms in total. The van der Waals surface area contributed by atoms with Gasteiger partial charge in [-0.25, -0.2) is 0 Å². The van der Waals surface area contributed by atoms with Gasteiger partial charge in [-0.1, -0.05) is 13.8 Å². The minimum absolute atomic E-state index is 0. The molecule has 60 valence electrons. The molecular weight excluding hydrogens is 114 g/mol. The van der Waals surface area contributed by atoms with Gasteiger partial charge in [0.05, 0.1) is 6.61 Å². The third-order valence-electron chi connectivity index (χ3n) is 1.38. The Morgan fingerprint density at radius 1 is 1.56 bits per heavy atom. The zero-order valence-electron chi connectivity index (χ0n) is 6.52. The molecule has 9 heavy (non-hydrogen) atoms. The van der Waals surface area contributed by atoms with Crippen LogP contribution in [0.1, 0.15) is 23.1 Å². The molecule has 0 bridgehead atoms. The second-order valence-electron chi connectivity index (χ2n) is 2.80. The predicted molar refractivity (Wildman–Crippen MR) is 43.6 cm³/mol. The topological polar surface area (TPSA) is 32.3 Å². The molecule has 2 heteroatoms. The predicted octanol–water partition coefficient (Wildman–Crippen LogP) is 1.10. The van der Waals surface area contributed by atoms with E-state index in [9.17, 15) is 0 Å². The molecule has 1 atom stereocenters. The number of rotatable bonds is 4. The van der Waals surface area contributed by atoms with Crippen molar-refractivity contribution in [2.75, 3.05) is 13.7 Å². The van der Waals surface area contributed by atoms with Gasteiger partial charge >= 0.3 is 0 Å². The summed E-state index contributed by atoms with van der Waals surface area (Å²) in [5.74, 6) is 0.662. The van der Waals surface area contributed by atoms with Crippen LogP contribution in [0.25, 0.3) is 0 Å². The number of nitrogens with one attached hydrogen (secondary N) is 1. The zero-order chi connectivity index (χ0) is 7.28.